The molecule has 7 aromatic rings. The molecule has 0 radical (unpaired) electrons. The molecule has 0 amide bonds. The molecule has 4 heterocycles. The van der Waals surface area contributed by atoms with Gasteiger partial charge < -0.3 is 13.9 Å². The zero-order chi connectivity index (χ0) is 29.2. The van der Waals surface area contributed by atoms with E-state index in [0.29, 0.717) is 0 Å². The molecule has 0 saturated carbocycles. The van der Waals surface area contributed by atoms with Crippen LogP contribution in [0.15, 0.2) is 113 Å². The van der Waals surface area contributed by atoms with Crippen molar-refractivity contribution in [3.05, 3.63) is 126 Å². The van der Waals surface area contributed by atoms with Gasteiger partial charge in [0.25, 0.3) is 6.71 Å². The largest absolute Gasteiger partial charge is 0.456 e. The zero-order valence-corrected chi connectivity index (χ0v) is 25.7. The Hall–Kier alpha value is -4.61. The van der Waals surface area contributed by atoms with Crippen LogP contribution in [0.5, 0.6) is 11.5 Å². The summed E-state index contributed by atoms with van der Waals surface area (Å²) in [7, 11) is 0. The number of hydrogen-bond donors (Lipinski definition) is 0. The number of ether oxygens (including phenoxy) is 1. The lowest BCUT2D eigenvalue weighted by atomic mass is 9.35. The second-order valence-electron chi connectivity index (χ2n) is 13.0. The SMILES string of the molecule is c1ccc2c(c1)Sc1cccc3c1B2c1cc(-n2c4c(c5ccccc52)CCC4)cc(-n2c4c(c5ccccc52)CCC4)c1O3. The predicted molar refractivity (Wildman–Crippen MR) is 186 cm³/mol. The highest BCUT2D eigenvalue weighted by Gasteiger charge is 2.41. The van der Waals surface area contributed by atoms with Crippen LogP contribution < -0.4 is 21.1 Å². The highest BCUT2D eigenvalue weighted by atomic mass is 32.2. The Bertz CT molecular complexity index is 2420. The molecule has 3 nitrogen and oxygen atoms in total. The average molecular weight is 597 g/mol. The number of rotatable bonds is 2. The summed E-state index contributed by atoms with van der Waals surface area (Å²) in [5.74, 6) is 1.99. The molecule has 0 saturated heterocycles. The molecule has 2 aliphatic carbocycles. The van der Waals surface area contributed by atoms with Gasteiger partial charge in [0, 0.05) is 37.6 Å². The molecule has 0 bridgehead atoms. The summed E-state index contributed by atoms with van der Waals surface area (Å²) in [4.78, 5) is 2.64. The van der Waals surface area contributed by atoms with Gasteiger partial charge >= 0.3 is 0 Å². The number of hydrogen-bond acceptors (Lipinski definition) is 2. The minimum Gasteiger partial charge on any atom is -0.456 e. The second-order valence-corrected chi connectivity index (χ2v) is 14.1. The standard InChI is InChI=1S/C40H29BN2OS/c1-4-15-31-25(10-1)27-12-7-17-32(27)42(31)24-22-30-40(35(23-24)43-33-16-5-2-11-26(33)28-13-8-18-34(28)43)44-36-19-9-21-38-39(36)41(30)29-14-3-6-20-37(29)45-38/h1-6,9-11,14-16,19-23H,7-8,12-13,17-18H2. The van der Waals surface area contributed by atoms with Crippen molar-refractivity contribution >= 4 is 56.7 Å². The number of benzene rings is 5. The number of aromatic nitrogens is 2. The van der Waals surface area contributed by atoms with Crippen LogP contribution >= 0.6 is 11.8 Å². The summed E-state index contributed by atoms with van der Waals surface area (Å²) in [6, 6.07) is 38.5. The summed E-state index contributed by atoms with van der Waals surface area (Å²) in [6.07, 6.45) is 6.92. The fourth-order valence-corrected chi connectivity index (χ4v) is 10.1. The van der Waals surface area contributed by atoms with E-state index in [1.165, 1.54) is 89.0 Å². The van der Waals surface area contributed by atoms with Crippen LogP contribution in [0.1, 0.15) is 35.4 Å². The summed E-state index contributed by atoms with van der Waals surface area (Å²) in [5.41, 5.74) is 14.9. The van der Waals surface area contributed by atoms with Crippen molar-refractivity contribution < 1.29 is 4.74 Å². The Morgan fingerprint density at radius 2 is 1.27 bits per heavy atom. The van der Waals surface area contributed by atoms with Crippen LogP contribution in [-0.2, 0) is 25.7 Å². The Kier molecular flexibility index (Phi) is 4.93. The quantitative estimate of drug-likeness (QED) is 0.191. The molecule has 214 valence electrons. The van der Waals surface area contributed by atoms with E-state index < -0.39 is 0 Å². The molecule has 0 unspecified atom stereocenters. The maximum absolute atomic E-state index is 7.11. The lowest BCUT2D eigenvalue weighted by Gasteiger charge is -2.34. The summed E-state index contributed by atoms with van der Waals surface area (Å²) < 4.78 is 12.3. The van der Waals surface area contributed by atoms with Gasteiger partial charge in [0.2, 0.25) is 0 Å². The molecular formula is C40H29BN2OS. The number of aryl methyl sites for hydroxylation is 2. The van der Waals surface area contributed by atoms with E-state index in [1.807, 2.05) is 11.8 Å². The van der Waals surface area contributed by atoms with Crippen LogP contribution in [0.2, 0.25) is 0 Å². The van der Waals surface area contributed by atoms with Crippen LogP contribution in [0.4, 0.5) is 0 Å². The lowest BCUT2D eigenvalue weighted by molar-refractivity contribution is 0.483. The lowest BCUT2D eigenvalue weighted by Crippen LogP contribution is -2.58. The van der Waals surface area contributed by atoms with Gasteiger partial charge in [-0.2, -0.15) is 0 Å². The van der Waals surface area contributed by atoms with E-state index in [0.717, 1.165) is 42.9 Å². The van der Waals surface area contributed by atoms with Crippen LogP contribution in [0.3, 0.4) is 0 Å². The van der Waals surface area contributed by atoms with Gasteiger partial charge in [-0.1, -0.05) is 77.9 Å². The Balaban J connectivity index is 1.29. The average Bonchev–Trinajstić information content (AvgIpc) is 3.86. The molecule has 4 aliphatic rings. The van der Waals surface area contributed by atoms with Gasteiger partial charge in [0.15, 0.2) is 0 Å². The van der Waals surface area contributed by atoms with E-state index in [4.69, 9.17) is 4.74 Å². The third-order valence-corrected chi connectivity index (χ3v) is 11.9. The molecule has 11 rings (SSSR count). The Morgan fingerprint density at radius 3 is 2.07 bits per heavy atom. The Labute approximate surface area is 266 Å². The molecule has 0 fully saturated rings. The van der Waals surface area contributed by atoms with Crippen LogP contribution in [-0.4, -0.2) is 15.8 Å². The smallest absolute Gasteiger partial charge is 0.254 e. The summed E-state index contributed by atoms with van der Waals surface area (Å²) in [5, 5.41) is 2.79. The number of fused-ring (bicyclic) bond motifs is 10. The van der Waals surface area contributed by atoms with E-state index >= 15 is 0 Å². The van der Waals surface area contributed by atoms with E-state index in [-0.39, 0.29) is 6.71 Å². The first-order chi connectivity index (χ1) is 22.3. The van der Waals surface area contributed by atoms with Crippen molar-refractivity contribution in [3.63, 3.8) is 0 Å². The minimum atomic E-state index is 0.112. The van der Waals surface area contributed by atoms with Crippen LogP contribution in [0.25, 0.3) is 33.2 Å². The first-order valence-electron chi connectivity index (χ1n) is 16.3. The predicted octanol–water partition coefficient (Wildman–Crippen LogP) is 7.64. The van der Waals surface area contributed by atoms with Gasteiger partial charge in [-0.25, -0.2) is 0 Å². The molecule has 0 N–H and O–H groups in total. The van der Waals surface area contributed by atoms with Crippen molar-refractivity contribution in [2.45, 2.75) is 48.3 Å². The first kappa shape index (κ1) is 24.7. The monoisotopic (exact) mass is 596 g/mol. The van der Waals surface area contributed by atoms with Gasteiger partial charge in [-0.3, -0.25) is 0 Å². The maximum atomic E-state index is 7.11. The molecule has 2 aliphatic heterocycles. The molecule has 45 heavy (non-hydrogen) atoms. The van der Waals surface area contributed by atoms with Crippen molar-refractivity contribution in [3.8, 4) is 22.9 Å². The van der Waals surface area contributed by atoms with E-state index in [9.17, 15) is 0 Å². The number of nitrogens with zero attached hydrogens (tertiary/aromatic N) is 2. The highest BCUT2D eigenvalue weighted by Crippen LogP contribution is 2.44. The molecular weight excluding hydrogens is 567 g/mol. The third kappa shape index (κ3) is 3.24. The minimum absolute atomic E-state index is 0.112. The third-order valence-electron chi connectivity index (χ3n) is 10.7. The molecule has 0 atom stereocenters. The van der Waals surface area contributed by atoms with Crippen molar-refractivity contribution in [1.82, 2.24) is 9.13 Å². The molecule has 0 spiro atoms. The maximum Gasteiger partial charge on any atom is 0.254 e. The molecule has 2 aromatic heterocycles. The first-order valence-corrected chi connectivity index (χ1v) is 17.1. The normalized spacial score (nSPS) is 15.5. The zero-order valence-electron chi connectivity index (χ0n) is 24.8. The topological polar surface area (TPSA) is 19.1 Å². The van der Waals surface area contributed by atoms with Gasteiger partial charge in [-0.15, -0.1) is 0 Å². The van der Waals surface area contributed by atoms with Crippen molar-refractivity contribution in [1.29, 1.82) is 0 Å². The summed E-state index contributed by atoms with van der Waals surface area (Å²) in [6.45, 7) is 0.112. The van der Waals surface area contributed by atoms with Crippen LogP contribution in [0, 0.1) is 0 Å². The van der Waals surface area contributed by atoms with Gasteiger partial charge in [-0.05, 0) is 103 Å². The molecule has 5 aromatic carbocycles. The molecule has 5 heteroatoms. The fraction of sp³-hybridized carbons (Fsp3) is 0.150. The highest BCUT2D eigenvalue weighted by molar-refractivity contribution is 8.00. The van der Waals surface area contributed by atoms with E-state index in [1.54, 1.807) is 0 Å². The van der Waals surface area contributed by atoms with Crippen molar-refractivity contribution in [2.75, 3.05) is 0 Å². The van der Waals surface area contributed by atoms with Gasteiger partial charge in [0.05, 0.1) is 16.7 Å². The van der Waals surface area contributed by atoms with Crippen molar-refractivity contribution in [2.24, 2.45) is 0 Å². The summed E-state index contributed by atoms with van der Waals surface area (Å²) >= 11 is 1.87. The fourth-order valence-electron chi connectivity index (χ4n) is 8.98. The van der Waals surface area contributed by atoms with E-state index in [2.05, 4.69) is 112 Å². The number of para-hydroxylation sites is 2. The second kappa shape index (κ2) is 8.99. The Morgan fingerprint density at radius 1 is 0.600 bits per heavy atom. The van der Waals surface area contributed by atoms with Gasteiger partial charge in [0.1, 0.15) is 11.5 Å².